The Morgan fingerprint density at radius 1 is 0.828 bits per heavy atom. The Morgan fingerprint density at radius 3 is 1.52 bits per heavy atom. The monoisotopic (exact) mass is 739 g/mol. The van der Waals surface area contributed by atoms with Gasteiger partial charge in [-0.2, -0.15) is 0 Å². The highest BCUT2D eigenvalue weighted by atomic mass is 127. The van der Waals surface area contributed by atoms with Crippen LogP contribution in [0.3, 0.4) is 0 Å². The first-order valence-corrected chi connectivity index (χ1v) is 12.7. The van der Waals surface area contributed by atoms with E-state index in [2.05, 4.69) is 86.9 Å². The van der Waals surface area contributed by atoms with E-state index in [4.69, 9.17) is 0 Å². The predicted octanol–water partition coefficient (Wildman–Crippen LogP) is 5.16. The summed E-state index contributed by atoms with van der Waals surface area (Å²) in [5.41, 5.74) is 1.81. The van der Waals surface area contributed by atoms with Crippen LogP contribution in [0, 0.1) is 10.7 Å². The van der Waals surface area contributed by atoms with Crippen LogP contribution in [0.5, 0.6) is 0 Å². The summed E-state index contributed by atoms with van der Waals surface area (Å²) in [6, 6.07) is 0.103. The molecule has 0 spiro atoms. The molecule has 1 rings (SSSR count). The van der Waals surface area contributed by atoms with E-state index in [1.54, 1.807) is 14.1 Å². The van der Waals surface area contributed by atoms with Crippen molar-refractivity contribution >= 4 is 96.9 Å². The van der Waals surface area contributed by atoms with Crippen LogP contribution in [-0.2, 0) is 9.59 Å². The van der Waals surface area contributed by atoms with Crippen LogP contribution in [0.4, 0.5) is 11.4 Å². The van der Waals surface area contributed by atoms with Crippen LogP contribution in [0.15, 0.2) is 0 Å². The summed E-state index contributed by atoms with van der Waals surface area (Å²) >= 11 is 6.42. The van der Waals surface area contributed by atoms with Crippen LogP contribution in [-0.4, -0.2) is 37.9 Å². The molecule has 1 aromatic rings. The minimum Gasteiger partial charge on any atom is -0.349 e. The average Bonchev–Trinajstić information content (AvgIpc) is 2.61. The zero-order valence-electron chi connectivity index (χ0n) is 17.7. The quantitative estimate of drug-likeness (QED) is 0.375. The number of carbonyl (C=O) groups excluding carboxylic acids is 3. The molecule has 1 aromatic carbocycles. The third kappa shape index (κ3) is 6.40. The molecular weight excluding hydrogens is 711 g/mol. The Balaban J connectivity index is 3.70. The standard InChI is InChI=1S/C20H28I3N3O3/c1-7-9-13(10-8-2)24-20(29)14-15(21)18(25(5)11(3)27)17(23)19(16(14)22)26(6)12(4)28/h13H,7-10H2,1-6H3,(H,24,29). The van der Waals surface area contributed by atoms with Gasteiger partial charge in [0.1, 0.15) is 0 Å². The van der Waals surface area contributed by atoms with Crippen LogP contribution in [0.1, 0.15) is 63.7 Å². The van der Waals surface area contributed by atoms with Crippen molar-refractivity contribution in [1.29, 1.82) is 0 Å². The van der Waals surface area contributed by atoms with Gasteiger partial charge in [0.05, 0.1) is 27.6 Å². The number of nitrogens with one attached hydrogen (secondary N) is 1. The van der Waals surface area contributed by atoms with E-state index in [1.165, 1.54) is 23.6 Å². The number of hydrogen-bond acceptors (Lipinski definition) is 3. The summed E-state index contributed by atoms with van der Waals surface area (Å²) in [5.74, 6) is -0.446. The van der Waals surface area contributed by atoms with E-state index in [0.29, 0.717) is 24.1 Å². The lowest BCUT2D eigenvalue weighted by atomic mass is 10.1. The lowest BCUT2D eigenvalue weighted by molar-refractivity contribution is -0.117. The second-order valence-electron chi connectivity index (χ2n) is 6.92. The molecule has 0 aromatic heterocycles. The van der Waals surface area contributed by atoms with Gasteiger partial charge in [-0.1, -0.05) is 26.7 Å². The van der Waals surface area contributed by atoms with Crippen LogP contribution >= 0.6 is 67.8 Å². The molecule has 0 fully saturated rings. The van der Waals surface area contributed by atoms with Crippen LogP contribution in [0.25, 0.3) is 0 Å². The summed E-state index contributed by atoms with van der Waals surface area (Å²) in [6.07, 6.45) is 3.81. The molecule has 0 radical (unpaired) electrons. The highest BCUT2D eigenvalue weighted by Crippen LogP contribution is 2.42. The van der Waals surface area contributed by atoms with Crippen molar-refractivity contribution < 1.29 is 14.4 Å². The number of rotatable bonds is 8. The zero-order valence-corrected chi connectivity index (χ0v) is 24.1. The number of nitrogens with zero attached hydrogens (tertiary/aromatic N) is 2. The van der Waals surface area contributed by atoms with E-state index in [0.717, 1.165) is 29.3 Å². The first-order chi connectivity index (χ1) is 13.5. The summed E-state index contributed by atoms with van der Waals surface area (Å²) in [4.78, 5) is 40.6. The zero-order chi connectivity index (χ0) is 22.5. The third-order valence-electron chi connectivity index (χ3n) is 4.72. The number of benzene rings is 1. The first-order valence-electron chi connectivity index (χ1n) is 9.49. The van der Waals surface area contributed by atoms with Crippen molar-refractivity contribution in [2.75, 3.05) is 23.9 Å². The van der Waals surface area contributed by atoms with E-state index in [9.17, 15) is 14.4 Å². The van der Waals surface area contributed by atoms with Crippen molar-refractivity contribution in [2.45, 2.75) is 59.4 Å². The lowest BCUT2D eigenvalue weighted by Crippen LogP contribution is -2.37. The Kier molecular flexibility index (Phi) is 11.1. The minimum atomic E-state index is -0.168. The molecule has 0 saturated carbocycles. The normalized spacial score (nSPS) is 10.8. The minimum absolute atomic E-state index is 0.103. The van der Waals surface area contributed by atoms with Gasteiger partial charge < -0.3 is 15.1 Å². The molecule has 0 aliphatic carbocycles. The van der Waals surface area contributed by atoms with Gasteiger partial charge in [-0.15, -0.1) is 0 Å². The molecule has 29 heavy (non-hydrogen) atoms. The third-order valence-corrected chi connectivity index (χ3v) is 7.85. The first kappa shape index (κ1) is 26.9. The van der Waals surface area contributed by atoms with E-state index < -0.39 is 0 Å². The molecule has 0 unspecified atom stereocenters. The molecule has 3 amide bonds. The largest absolute Gasteiger partial charge is 0.349 e. The number of anilines is 2. The van der Waals surface area contributed by atoms with Gasteiger partial charge >= 0.3 is 0 Å². The summed E-state index contributed by atoms with van der Waals surface area (Å²) in [5, 5.41) is 3.17. The summed E-state index contributed by atoms with van der Waals surface area (Å²) in [6.45, 7) is 7.17. The van der Waals surface area contributed by atoms with Crippen LogP contribution in [0.2, 0.25) is 0 Å². The van der Waals surface area contributed by atoms with Gasteiger partial charge in [0.25, 0.3) is 5.91 Å². The SMILES string of the molecule is CCCC(CCC)NC(=O)c1c(I)c(N(C)C(C)=O)c(I)c(N(C)C(C)=O)c1I. The van der Waals surface area contributed by atoms with Crippen molar-refractivity contribution in [2.24, 2.45) is 0 Å². The Hall–Kier alpha value is -0.180. The highest BCUT2D eigenvalue weighted by Gasteiger charge is 2.30. The fourth-order valence-corrected chi connectivity index (χ4v) is 8.09. The smallest absolute Gasteiger partial charge is 0.253 e. The average molecular weight is 739 g/mol. The molecule has 9 heteroatoms. The summed E-state index contributed by atoms with van der Waals surface area (Å²) in [7, 11) is 3.37. The maximum absolute atomic E-state index is 13.3. The molecule has 0 heterocycles. The molecule has 0 aliphatic rings. The van der Waals surface area contributed by atoms with E-state index in [1.807, 2.05) is 0 Å². The molecule has 6 nitrogen and oxygen atoms in total. The van der Waals surface area contributed by atoms with Crippen molar-refractivity contribution in [3.63, 3.8) is 0 Å². The molecule has 0 saturated heterocycles. The lowest BCUT2D eigenvalue weighted by Gasteiger charge is -2.28. The fraction of sp³-hybridized carbons (Fsp3) is 0.550. The Morgan fingerprint density at radius 2 is 1.21 bits per heavy atom. The van der Waals surface area contributed by atoms with Gasteiger partial charge in [0.2, 0.25) is 11.8 Å². The predicted molar refractivity (Wildman–Crippen MR) is 144 cm³/mol. The van der Waals surface area contributed by atoms with E-state index in [-0.39, 0.29) is 23.8 Å². The van der Waals surface area contributed by atoms with Crippen LogP contribution < -0.4 is 15.1 Å². The molecule has 0 aliphatic heterocycles. The van der Waals surface area contributed by atoms with Gasteiger partial charge in [0, 0.05) is 34.0 Å². The molecule has 162 valence electrons. The van der Waals surface area contributed by atoms with Gasteiger partial charge in [0.15, 0.2) is 0 Å². The van der Waals surface area contributed by atoms with Gasteiger partial charge in [-0.05, 0) is 80.6 Å². The molecule has 1 N–H and O–H groups in total. The Labute approximate surface area is 214 Å². The maximum Gasteiger partial charge on any atom is 0.253 e. The van der Waals surface area contributed by atoms with Gasteiger partial charge in [-0.3, -0.25) is 14.4 Å². The van der Waals surface area contributed by atoms with E-state index >= 15 is 0 Å². The highest BCUT2D eigenvalue weighted by molar-refractivity contribution is 14.1. The van der Waals surface area contributed by atoms with Crippen molar-refractivity contribution in [3.8, 4) is 0 Å². The maximum atomic E-state index is 13.3. The second-order valence-corrected chi connectivity index (χ2v) is 10.2. The fourth-order valence-electron chi connectivity index (χ4n) is 2.98. The van der Waals surface area contributed by atoms with Gasteiger partial charge in [-0.25, -0.2) is 0 Å². The Bertz CT molecular complexity index is 746. The second kappa shape index (κ2) is 12.0. The number of halogens is 3. The number of carbonyl (C=O) groups is 3. The number of hydrogen-bond donors (Lipinski definition) is 1. The summed E-state index contributed by atoms with van der Waals surface area (Å²) < 4.78 is 2.18. The molecule has 0 atom stereocenters. The topological polar surface area (TPSA) is 69.7 Å². The van der Waals surface area contributed by atoms with Crippen molar-refractivity contribution in [1.82, 2.24) is 5.32 Å². The van der Waals surface area contributed by atoms with Crippen molar-refractivity contribution in [3.05, 3.63) is 16.3 Å². The molecular formula is C20H28I3N3O3. The number of amides is 3. The molecule has 0 bridgehead atoms.